The van der Waals surface area contributed by atoms with E-state index in [1.54, 1.807) is 21.9 Å². The summed E-state index contributed by atoms with van der Waals surface area (Å²) in [7, 11) is 0. The number of hydrogen-bond donors (Lipinski definition) is 0. The molecule has 1 fully saturated rings. The van der Waals surface area contributed by atoms with E-state index in [4.69, 9.17) is 0 Å². The summed E-state index contributed by atoms with van der Waals surface area (Å²) in [6.07, 6.45) is 0.473. The molecule has 1 aliphatic rings. The standard InChI is InChI=1S/C14H17FN2O2/c1-2-13(18)16-7-9-17(10-8-16)14(19)11-5-3-4-6-12(11)15/h3-6H,2,7-10H2,1H3. The van der Waals surface area contributed by atoms with E-state index in [2.05, 4.69) is 0 Å². The highest BCUT2D eigenvalue weighted by molar-refractivity contribution is 5.94. The molecule has 0 atom stereocenters. The molecule has 0 saturated carbocycles. The van der Waals surface area contributed by atoms with Crippen LogP contribution in [0.15, 0.2) is 24.3 Å². The predicted molar refractivity (Wildman–Crippen MR) is 69.2 cm³/mol. The van der Waals surface area contributed by atoms with Gasteiger partial charge in [-0.25, -0.2) is 4.39 Å². The second-order valence-corrected chi connectivity index (χ2v) is 4.51. The lowest BCUT2D eigenvalue weighted by atomic mass is 10.1. The maximum absolute atomic E-state index is 13.5. The summed E-state index contributed by atoms with van der Waals surface area (Å²) in [5, 5.41) is 0. The first-order valence-corrected chi connectivity index (χ1v) is 6.45. The highest BCUT2D eigenvalue weighted by atomic mass is 19.1. The fourth-order valence-corrected chi connectivity index (χ4v) is 2.19. The van der Waals surface area contributed by atoms with Gasteiger partial charge < -0.3 is 9.80 Å². The molecule has 0 N–H and O–H groups in total. The van der Waals surface area contributed by atoms with Gasteiger partial charge in [0.25, 0.3) is 5.91 Å². The molecule has 19 heavy (non-hydrogen) atoms. The Bertz CT molecular complexity index is 482. The topological polar surface area (TPSA) is 40.6 Å². The summed E-state index contributed by atoms with van der Waals surface area (Å²) in [5.74, 6) is -0.709. The average molecular weight is 264 g/mol. The van der Waals surface area contributed by atoms with Crippen molar-refractivity contribution in [3.8, 4) is 0 Å². The first-order valence-electron chi connectivity index (χ1n) is 6.45. The zero-order valence-electron chi connectivity index (χ0n) is 10.9. The summed E-state index contributed by atoms with van der Waals surface area (Å²) in [5.41, 5.74) is 0.0952. The van der Waals surface area contributed by atoms with Crippen LogP contribution < -0.4 is 0 Å². The van der Waals surface area contributed by atoms with Crippen molar-refractivity contribution in [1.82, 2.24) is 9.80 Å². The Labute approximate surface area is 111 Å². The zero-order chi connectivity index (χ0) is 13.8. The van der Waals surface area contributed by atoms with Gasteiger partial charge in [0.05, 0.1) is 5.56 Å². The van der Waals surface area contributed by atoms with E-state index in [-0.39, 0.29) is 17.4 Å². The van der Waals surface area contributed by atoms with Crippen LogP contribution in [0.4, 0.5) is 4.39 Å². The Hall–Kier alpha value is -1.91. The number of halogens is 1. The quantitative estimate of drug-likeness (QED) is 0.812. The molecule has 2 rings (SSSR count). The Kier molecular flexibility index (Phi) is 4.14. The van der Waals surface area contributed by atoms with Gasteiger partial charge in [0.15, 0.2) is 0 Å². The van der Waals surface area contributed by atoms with Gasteiger partial charge in [-0.15, -0.1) is 0 Å². The Balaban J connectivity index is 2.00. The molecule has 0 bridgehead atoms. The third-order valence-corrected chi connectivity index (χ3v) is 3.33. The second kappa shape index (κ2) is 5.82. The van der Waals surface area contributed by atoms with Crippen molar-refractivity contribution in [2.75, 3.05) is 26.2 Å². The molecule has 5 heteroatoms. The van der Waals surface area contributed by atoms with Crippen molar-refractivity contribution in [3.63, 3.8) is 0 Å². The number of carbonyl (C=O) groups excluding carboxylic acids is 2. The van der Waals surface area contributed by atoms with E-state index in [9.17, 15) is 14.0 Å². The number of rotatable bonds is 2. The van der Waals surface area contributed by atoms with E-state index in [1.165, 1.54) is 12.1 Å². The van der Waals surface area contributed by atoms with E-state index < -0.39 is 5.82 Å². The van der Waals surface area contributed by atoms with Gasteiger partial charge in [0, 0.05) is 32.6 Å². The van der Waals surface area contributed by atoms with Crippen LogP contribution in [0.25, 0.3) is 0 Å². The largest absolute Gasteiger partial charge is 0.339 e. The minimum atomic E-state index is -0.500. The van der Waals surface area contributed by atoms with Crippen LogP contribution >= 0.6 is 0 Å². The average Bonchev–Trinajstić information content (AvgIpc) is 2.46. The van der Waals surface area contributed by atoms with Crippen molar-refractivity contribution in [2.24, 2.45) is 0 Å². The molecule has 0 spiro atoms. The van der Waals surface area contributed by atoms with Crippen molar-refractivity contribution >= 4 is 11.8 Å². The third kappa shape index (κ3) is 2.92. The summed E-state index contributed by atoms with van der Waals surface area (Å²) in [6.45, 7) is 3.77. The van der Waals surface area contributed by atoms with E-state index in [1.807, 2.05) is 6.92 Å². The van der Waals surface area contributed by atoms with Gasteiger partial charge in [0.2, 0.25) is 5.91 Å². The molecule has 1 aromatic rings. The third-order valence-electron chi connectivity index (χ3n) is 3.33. The first-order chi connectivity index (χ1) is 9.13. The molecule has 1 aliphatic heterocycles. The molecule has 1 heterocycles. The summed E-state index contributed by atoms with van der Waals surface area (Å²) < 4.78 is 13.5. The molecule has 2 amide bonds. The molecule has 0 unspecified atom stereocenters. The summed E-state index contributed by atoms with van der Waals surface area (Å²) >= 11 is 0. The molecule has 0 aromatic heterocycles. The van der Waals surface area contributed by atoms with Crippen LogP contribution in [0.1, 0.15) is 23.7 Å². The summed E-state index contributed by atoms with van der Waals surface area (Å²) in [6, 6.07) is 5.97. The number of benzene rings is 1. The van der Waals surface area contributed by atoms with Crippen molar-refractivity contribution in [1.29, 1.82) is 0 Å². The molecule has 1 aromatic carbocycles. The minimum Gasteiger partial charge on any atom is -0.339 e. The Morgan fingerprint density at radius 3 is 2.26 bits per heavy atom. The van der Waals surface area contributed by atoms with Gasteiger partial charge in [-0.2, -0.15) is 0 Å². The lowest BCUT2D eigenvalue weighted by molar-refractivity contribution is -0.132. The molecular formula is C14H17FN2O2. The van der Waals surface area contributed by atoms with Crippen molar-refractivity contribution < 1.29 is 14.0 Å². The molecule has 0 radical (unpaired) electrons. The molecule has 102 valence electrons. The van der Waals surface area contributed by atoms with Crippen LogP contribution in [-0.4, -0.2) is 47.8 Å². The van der Waals surface area contributed by atoms with Crippen LogP contribution in [0.2, 0.25) is 0 Å². The molecule has 0 aliphatic carbocycles. The maximum Gasteiger partial charge on any atom is 0.256 e. The molecular weight excluding hydrogens is 247 g/mol. The second-order valence-electron chi connectivity index (χ2n) is 4.51. The van der Waals surface area contributed by atoms with Crippen LogP contribution in [-0.2, 0) is 4.79 Å². The fourth-order valence-electron chi connectivity index (χ4n) is 2.19. The minimum absolute atomic E-state index is 0.0952. The summed E-state index contributed by atoms with van der Waals surface area (Å²) in [4.78, 5) is 27.0. The lowest BCUT2D eigenvalue weighted by Gasteiger charge is -2.34. The van der Waals surface area contributed by atoms with E-state index >= 15 is 0 Å². The van der Waals surface area contributed by atoms with Crippen LogP contribution in [0.3, 0.4) is 0 Å². The van der Waals surface area contributed by atoms with Crippen LogP contribution in [0, 0.1) is 5.82 Å². The number of carbonyl (C=O) groups is 2. The van der Waals surface area contributed by atoms with Crippen molar-refractivity contribution in [3.05, 3.63) is 35.6 Å². The number of hydrogen-bond acceptors (Lipinski definition) is 2. The monoisotopic (exact) mass is 264 g/mol. The number of amides is 2. The lowest BCUT2D eigenvalue weighted by Crippen LogP contribution is -2.50. The zero-order valence-corrected chi connectivity index (χ0v) is 10.9. The SMILES string of the molecule is CCC(=O)N1CCN(C(=O)c2ccccc2F)CC1. The molecule has 1 saturated heterocycles. The van der Waals surface area contributed by atoms with Gasteiger partial charge >= 0.3 is 0 Å². The Morgan fingerprint density at radius 1 is 1.11 bits per heavy atom. The number of nitrogens with zero attached hydrogens (tertiary/aromatic N) is 2. The van der Waals surface area contributed by atoms with Gasteiger partial charge in [-0.1, -0.05) is 19.1 Å². The smallest absolute Gasteiger partial charge is 0.256 e. The van der Waals surface area contributed by atoms with Crippen molar-refractivity contribution in [2.45, 2.75) is 13.3 Å². The predicted octanol–water partition coefficient (Wildman–Crippen LogP) is 1.52. The normalized spacial score (nSPS) is 15.5. The van der Waals surface area contributed by atoms with Crippen LogP contribution in [0.5, 0.6) is 0 Å². The number of piperazine rings is 1. The Morgan fingerprint density at radius 2 is 1.68 bits per heavy atom. The van der Waals surface area contributed by atoms with E-state index in [0.29, 0.717) is 32.6 Å². The van der Waals surface area contributed by atoms with Gasteiger partial charge in [-0.05, 0) is 12.1 Å². The highest BCUT2D eigenvalue weighted by Gasteiger charge is 2.25. The maximum atomic E-state index is 13.5. The highest BCUT2D eigenvalue weighted by Crippen LogP contribution is 2.12. The van der Waals surface area contributed by atoms with Gasteiger partial charge in [0.1, 0.15) is 5.82 Å². The first kappa shape index (κ1) is 13.5. The van der Waals surface area contributed by atoms with Gasteiger partial charge in [-0.3, -0.25) is 9.59 Å². The molecule has 4 nitrogen and oxygen atoms in total. The fraction of sp³-hybridized carbons (Fsp3) is 0.429. The van der Waals surface area contributed by atoms with E-state index in [0.717, 1.165) is 0 Å².